The highest BCUT2D eigenvalue weighted by atomic mass is 19.1. The molecule has 2 aliphatic rings. The number of hydrogen-bond donors (Lipinski definition) is 1. The van der Waals surface area contributed by atoms with Gasteiger partial charge in [-0.3, -0.25) is 9.59 Å². The summed E-state index contributed by atoms with van der Waals surface area (Å²) in [6.07, 6.45) is 4.49. The van der Waals surface area contributed by atoms with E-state index in [1.54, 1.807) is 32.0 Å². The maximum Gasteiger partial charge on any atom is 0.270 e. The second-order valence-corrected chi connectivity index (χ2v) is 9.08. The average Bonchev–Trinajstić information content (AvgIpc) is 3.33. The van der Waals surface area contributed by atoms with Gasteiger partial charge in [-0.1, -0.05) is 17.3 Å². The number of aromatic nitrogens is 2. The third-order valence-corrected chi connectivity index (χ3v) is 6.74. The van der Waals surface area contributed by atoms with Crippen LogP contribution in [0.3, 0.4) is 0 Å². The van der Waals surface area contributed by atoms with E-state index < -0.39 is 0 Å². The molecular formula is C25H30FN5O3. The molecule has 1 aliphatic carbocycles. The van der Waals surface area contributed by atoms with Crippen molar-refractivity contribution in [2.24, 2.45) is 11.1 Å². The first-order valence-electron chi connectivity index (χ1n) is 11.6. The lowest BCUT2D eigenvalue weighted by Gasteiger charge is -2.35. The average molecular weight is 468 g/mol. The summed E-state index contributed by atoms with van der Waals surface area (Å²) < 4.78 is 13.1. The quantitative estimate of drug-likeness (QED) is 0.703. The molecule has 8 nitrogen and oxygen atoms in total. The predicted octanol–water partition coefficient (Wildman–Crippen LogP) is 3.38. The number of rotatable bonds is 6. The largest absolute Gasteiger partial charge is 0.391 e. The topological polar surface area (TPSA) is 96.8 Å². The van der Waals surface area contributed by atoms with Gasteiger partial charge in [-0.05, 0) is 62.3 Å². The van der Waals surface area contributed by atoms with Gasteiger partial charge in [0.25, 0.3) is 5.91 Å². The van der Waals surface area contributed by atoms with E-state index in [1.807, 2.05) is 11.9 Å². The lowest BCUT2D eigenvalue weighted by Crippen LogP contribution is -2.39. The molecule has 2 heterocycles. The Morgan fingerprint density at radius 3 is 2.53 bits per heavy atom. The fraction of sp³-hybridized carbons (Fsp3) is 0.480. The lowest BCUT2D eigenvalue weighted by molar-refractivity contribution is -0.130. The summed E-state index contributed by atoms with van der Waals surface area (Å²) in [7, 11) is 1.87. The molecule has 1 aromatic heterocycles. The molecule has 2 amide bonds. The van der Waals surface area contributed by atoms with Gasteiger partial charge < -0.3 is 15.1 Å². The van der Waals surface area contributed by atoms with Crippen LogP contribution in [0, 0.1) is 18.7 Å². The second-order valence-electron chi connectivity index (χ2n) is 9.08. The normalized spacial score (nSPS) is 22.0. The van der Waals surface area contributed by atoms with Gasteiger partial charge in [-0.2, -0.15) is 0 Å². The highest BCUT2D eigenvalue weighted by Crippen LogP contribution is 2.34. The predicted molar refractivity (Wildman–Crippen MR) is 125 cm³/mol. The maximum absolute atomic E-state index is 13.1. The van der Waals surface area contributed by atoms with Crippen molar-refractivity contribution >= 4 is 17.5 Å². The molecule has 2 aromatic rings. The zero-order chi connectivity index (χ0) is 24.2. The number of carbonyl (C=O) groups excluding carboxylic acids is 2. The molecule has 1 N–H and O–H groups in total. The van der Waals surface area contributed by atoms with Crippen molar-refractivity contribution in [1.29, 1.82) is 0 Å². The van der Waals surface area contributed by atoms with Crippen LogP contribution in [0.1, 0.15) is 66.6 Å². The van der Waals surface area contributed by atoms with Crippen LogP contribution in [0.5, 0.6) is 0 Å². The van der Waals surface area contributed by atoms with Crippen LogP contribution < -0.4 is 5.32 Å². The van der Waals surface area contributed by atoms with Crippen molar-refractivity contribution < 1.29 is 18.8 Å². The monoisotopic (exact) mass is 467 g/mol. The molecule has 34 heavy (non-hydrogen) atoms. The van der Waals surface area contributed by atoms with Crippen molar-refractivity contribution in [2.45, 2.75) is 64.6 Å². The van der Waals surface area contributed by atoms with Gasteiger partial charge in [0.1, 0.15) is 29.2 Å². The minimum Gasteiger partial charge on any atom is -0.391 e. The first-order valence-corrected chi connectivity index (χ1v) is 11.6. The minimum atomic E-state index is -0.333. The van der Waals surface area contributed by atoms with Gasteiger partial charge in [0.05, 0.1) is 5.69 Å². The number of halogens is 1. The first kappa shape index (κ1) is 23.8. The molecule has 1 atom stereocenters. The fourth-order valence-electron chi connectivity index (χ4n) is 4.63. The standard InChI is InChI=1S/C25H30FN5O3/c1-15-28-21(12-23(29-15)25(33)27-14-17-4-8-19(26)9-5-17)22-13-24(34-30-22)18-6-10-20(11-7-18)31(3)16(2)32/h4-5,8-9,12,18,20,24H,6-7,10-11,13-14H2,1-3H3,(H,27,33)/t18-,20-,24?. The minimum absolute atomic E-state index is 0.0235. The molecular weight excluding hydrogens is 437 g/mol. The van der Waals surface area contributed by atoms with Crippen molar-refractivity contribution in [1.82, 2.24) is 20.2 Å². The Kier molecular flexibility index (Phi) is 7.19. The van der Waals surface area contributed by atoms with Gasteiger partial charge in [-0.15, -0.1) is 0 Å². The number of oxime groups is 1. The summed E-state index contributed by atoms with van der Waals surface area (Å²) in [5.41, 5.74) is 2.35. The SMILES string of the molecule is CC(=O)N(C)[C@H]1CC[C@H](C2CC(c3cc(C(=O)NCc4ccc(F)cc4)nc(C)n3)=NO2)CC1. The van der Waals surface area contributed by atoms with Crippen LogP contribution in [0.2, 0.25) is 0 Å². The summed E-state index contributed by atoms with van der Waals surface area (Å²) >= 11 is 0. The van der Waals surface area contributed by atoms with E-state index in [1.165, 1.54) is 12.1 Å². The van der Waals surface area contributed by atoms with Gasteiger partial charge in [0.2, 0.25) is 5.91 Å². The molecule has 0 radical (unpaired) electrons. The van der Waals surface area contributed by atoms with E-state index in [4.69, 9.17) is 4.84 Å². The zero-order valence-electron chi connectivity index (χ0n) is 19.8. The Morgan fingerprint density at radius 2 is 1.85 bits per heavy atom. The molecule has 0 spiro atoms. The van der Waals surface area contributed by atoms with E-state index in [2.05, 4.69) is 20.4 Å². The van der Waals surface area contributed by atoms with Gasteiger partial charge in [0, 0.05) is 33.0 Å². The van der Waals surface area contributed by atoms with Crippen LogP contribution in [0.15, 0.2) is 35.5 Å². The fourth-order valence-corrected chi connectivity index (χ4v) is 4.63. The van der Waals surface area contributed by atoms with Crippen molar-refractivity contribution in [3.05, 3.63) is 58.9 Å². The summed E-state index contributed by atoms with van der Waals surface area (Å²) in [6, 6.07) is 7.89. The molecule has 1 fully saturated rings. The smallest absolute Gasteiger partial charge is 0.270 e. The molecule has 1 aromatic carbocycles. The highest BCUT2D eigenvalue weighted by Gasteiger charge is 2.35. The summed E-state index contributed by atoms with van der Waals surface area (Å²) in [4.78, 5) is 40.7. The van der Waals surface area contributed by atoms with Crippen LogP contribution in [0.4, 0.5) is 4.39 Å². The van der Waals surface area contributed by atoms with Gasteiger partial charge in [0.15, 0.2) is 0 Å². The number of nitrogens with one attached hydrogen (secondary N) is 1. The number of carbonyl (C=O) groups is 2. The van der Waals surface area contributed by atoms with Gasteiger partial charge >= 0.3 is 0 Å². The molecule has 1 saturated carbocycles. The van der Waals surface area contributed by atoms with Crippen LogP contribution >= 0.6 is 0 Å². The number of benzene rings is 1. The molecule has 9 heteroatoms. The zero-order valence-corrected chi connectivity index (χ0v) is 19.8. The number of aryl methyl sites for hydroxylation is 1. The van der Waals surface area contributed by atoms with Crippen molar-refractivity contribution in [3.63, 3.8) is 0 Å². The number of nitrogens with zero attached hydrogens (tertiary/aromatic N) is 4. The second kappa shape index (κ2) is 10.3. The van der Waals surface area contributed by atoms with Crippen LogP contribution in [-0.4, -0.2) is 51.6 Å². The Hall–Kier alpha value is -3.36. The van der Waals surface area contributed by atoms with Crippen molar-refractivity contribution in [2.75, 3.05) is 7.05 Å². The van der Waals surface area contributed by atoms with Gasteiger partial charge in [-0.25, -0.2) is 14.4 Å². The molecule has 4 rings (SSSR count). The third-order valence-electron chi connectivity index (χ3n) is 6.74. The molecule has 0 saturated heterocycles. The van der Waals surface area contributed by atoms with E-state index >= 15 is 0 Å². The molecule has 1 aliphatic heterocycles. The summed E-state index contributed by atoms with van der Waals surface area (Å²) in [5, 5.41) is 7.09. The highest BCUT2D eigenvalue weighted by molar-refractivity contribution is 6.01. The lowest BCUT2D eigenvalue weighted by atomic mass is 9.81. The summed E-state index contributed by atoms with van der Waals surface area (Å²) in [5.74, 6) is 0.297. The van der Waals surface area contributed by atoms with E-state index in [9.17, 15) is 14.0 Å². The molecule has 180 valence electrons. The Labute approximate surface area is 198 Å². The van der Waals surface area contributed by atoms with E-state index in [-0.39, 0.29) is 42.0 Å². The first-order chi connectivity index (χ1) is 16.3. The Balaban J connectivity index is 1.35. The number of amides is 2. The van der Waals surface area contributed by atoms with E-state index in [0.29, 0.717) is 29.6 Å². The summed E-state index contributed by atoms with van der Waals surface area (Å²) in [6.45, 7) is 3.61. The number of hydrogen-bond acceptors (Lipinski definition) is 6. The van der Waals surface area contributed by atoms with Crippen LogP contribution in [-0.2, 0) is 16.2 Å². The maximum atomic E-state index is 13.1. The molecule has 1 unspecified atom stereocenters. The Morgan fingerprint density at radius 1 is 1.15 bits per heavy atom. The van der Waals surface area contributed by atoms with Crippen LogP contribution in [0.25, 0.3) is 0 Å². The molecule has 0 bridgehead atoms. The third kappa shape index (κ3) is 5.58. The van der Waals surface area contributed by atoms with Crippen molar-refractivity contribution in [3.8, 4) is 0 Å². The Bertz CT molecular complexity index is 1080. The van der Waals surface area contributed by atoms with E-state index in [0.717, 1.165) is 31.2 Å².